The number of benzene rings is 3. The monoisotopic (exact) mass is 477 g/mol. The first-order valence-electron chi connectivity index (χ1n) is 10.2. The van der Waals surface area contributed by atoms with Gasteiger partial charge in [-0.3, -0.25) is 4.79 Å². The van der Waals surface area contributed by atoms with Crippen LogP contribution in [0.2, 0.25) is 0 Å². The third kappa shape index (κ3) is 5.06. The van der Waals surface area contributed by atoms with Crippen LogP contribution in [0.25, 0.3) is 16.7 Å². The zero-order chi connectivity index (χ0) is 21.6. The van der Waals surface area contributed by atoms with Gasteiger partial charge in [-0.2, -0.15) is 0 Å². The molecule has 1 aliphatic rings. The molecule has 0 saturated carbocycles. The molecule has 0 spiro atoms. The van der Waals surface area contributed by atoms with Crippen LogP contribution < -0.4 is 4.74 Å². The largest absolute Gasteiger partial charge is 0.496 e. The molecule has 4 nitrogen and oxygen atoms in total. The number of hydrogen-bond donors (Lipinski definition) is 0. The molecule has 0 bridgehead atoms. The summed E-state index contributed by atoms with van der Waals surface area (Å²) in [4.78, 5) is 14.8. The summed E-state index contributed by atoms with van der Waals surface area (Å²) in [5.74, 6) is 0.749. The minimum atomic E-state index is -0.00243. The van der Waals surface area contributed by atoms with Crippen LogP contribution in [0.15, 0.2) is 83.3 Å². The van der Waals surface area contributed by atoms with Gasteiger partial charge in [-0.1, -0.05) is 60.7 Å². The van der Waals surface area contributed by atoms with Crippen LogP contribution in [-0.2, 0) is 9.53 Å². The van der Waals surface area contributed by atoms with Gasteiger partial charge in [0.05, 0.1) is 24.8 Å². The van der Waals surface area contributed by atoms with Gasteiger partial charge in [0, 0.05) is 19.2 Å². The molecule has 158 valence electrons. The van der Waals surface area contributed by atoms with Crippen molar-refractivity contribution in [2.75, 3.05) is 33.4 Å². The predicted molar refractivity (Wildman–Crippen MR) is 127 cm³/mol. The fourth-order valence-electron chi connectivity index (χ4n) is 3.64. The summed E-state index contributed by atoms with van der Waals surface area (Å²) in [6, 6.07) is 24.5. The van der Waals surface area contributed by atoms with Crippen molar-refractivity contribution in [2.45, 2.75) is 0 Å². The Labute approximate surface area is 191 Å². The van der Waals surface area contributed by atoms with E-state index < -0.39 is 0 Å². The molecule has 3 aromatic carbocycles. The molecule has 1 fully saturated rings. The Morgan fingerprint density at radius 1 is 0.935 bits per heavy atom. The number of morpholine rings is 1. The number of rotatable bonds is 5. The Morgan fingerprint density at radius 2 is 1.58 bits per heavy atom. The smallest absolute Gasteiger partial charge is 0.247 e. The first-order chi connectivity index (χ1) is 15.2. The third-order valence-corrected chi connectivity index (χ3v) is 5.98. The van der Waals surface area contributed by atoms with Crippen LogP contribution in [-0.4, -0.2) is 44.2 Å². The summed E-state index contributed by atoms with van der Waals surface area (Å²) < 4.78 is 11.6. The van der Waals surface area contributed by atoms with E-state index in [1.165, 1.54) is 0 Å². The summed E-state index contributed by atoms with van der Waals surface area (Å²) in [6.45, 7) is 2.38. The molecule has 0 unspecified atom stereocenters. The molecule has 5 heteroatoms. The summed E-state index contributed by atoms with van der Waals surface area (Å²) in [6.07, 6.45) is 1.73. The first-order valence-corrected chi connectivity index (χ1v) is 11.0. The number of amides is 1. The summed E-state index contributed by atoms with van der Waals surface area (Å²) in [5, 5.41) is 0. The summed E-state index contributed by atoms with van der Waals surface area (Å²) in [7, 11) is 1.64. The van der Waals surface area contributed by atoms with E-state index in [-0.39, 0.29) is 5.91 Å². The first kappa shape index (κ1) is 21.3. The van der Waals surface area contributed by atoms with Crippen molar-refractivity contribution in [1.82, 2.24) is 4.90 Å². The zero-order valence-corrected chi connectivity index (χ0v) is 19.0. The van der Waals surface area contributed by atoms with Gasteiger partial charge in [-0.25, -0.2) is 0 Å². The van der Waals surface area contributed by atoms with Crippen molar-refractivity contribution in [3.05, 3.63) is 94.5 Å². The van der Waals surface area contributed by atoms with Gasteiger partial charge in [0.2, 0.25) is 5.91 Å². The fourth-order valence-corrected chi connectivity index (χ4v) is 4.18. The standard InChI is InChI=1S/C26H24BrNO3/c1-30-25-12-11-22(17-24(25)27)23(18-26(29)28-13-15-31-16-14-28)21-9-7-20(8-10-21)19-5-3-2-4-6-19/h2-12,17-18H,13-16H2,1H3. The van der Waals surface area contributed by atoms with Gasteiger partial charge in [-0.15, -0.1) is 0 Å². The molecule has 31 heavy (non-hydrogen) atoms. The average molecular weight is 478 g/mol. The summed E-state index contributed by atoms with van der Waals surface area (Å²) in [5.41, 5.74) is 5.11. The van der Waals surface area contributed by atoms with Gasteiger partial charge in [0.15, 0.2) is 0 Å². The van der Waals surface area contributed by atoms with Crippen molar-refractivity contribution >= 4 is 27.4 Å². The van der Waals surface area contributed by atoms with Crippen molar-refractivity contribution in [3.63, 3.8) is 0 Å². The van der Waals surface area contributed by atoms with E-state index in [0.29, 0.717) is 26.3 Å². The van der Waals surface area contributed by atoms with Crippen molar-refractivity contribution in [2.24, 2.45) is 0 Å². The number of halogens is 1. The fraction of sp³-hybridized carbons (Fsp3) is 0.192. The molecule has 0 radical (unpaired) electrons. The van der Waals surface area contributed by atoms with Gasteiger partial charge < -0.3 is 14.4 Å². The predicted octanol–water partition coefficient (Wildman–Crippen LogP) is 5.42. The lowest BCUT2D eigenvalue weighted by molar-refractivity contribution is -0.129. The van der Waals surface area contributed by atoms with E-state index in [2.05, 4.69) is 52.3 Å². The molecule has 0 atom stereocenters. The van der Waals surface area contributed by atoms with E-state index in [9.17, 15) is 4.79 Å². The second kappa shape index (κ2) is 9.94. The molecule has 0 N–H and O–H groups in total. The topological polar surface area (TPSA) is 38.8 Å². The number of carbonyl (C=O) groups is 1. The molecule has 3 aromatic rings. The zero-order valence-electron chi connectivity index (χ0n) is 17.4. The number of nitrogens with zero attached hydrogens (tertiary/aromatic N) is 1. The maximum absolute atomic E-state index is 13.0. The summed E-state index contributed by atoms with van der Waals surface area (Å²) >= 11 is 3.57. The maximum Gasteiger partial charge on any atom is 0.247 e. The highest BCUT2D eigenvalue weighted by atomic mass is 79.9. The molecular weight excluding hydrogens is 454 g/mol. The highest BCUT2D eigenvalue weighted by Crippen LogP contribution is 2.32. The van der Waals surface area contributed by atoms with Crippen LogP contribution in [0.5, 0.6) is 5.75 Å². The van der Waals surface area contributed by atoms with Gasteiger partial charge in [0.1, 0.15) is 5.75 Å². The number of methoxy groups -OCH3 is 1. The highest BCUT2D eigenvalue weighted by Gasteiger charge is 2.17. The molecule has 1 saturated heterocycles. The second-order valence-corrected chi connectivity index (χ2v) is 8.14. The van der Waals surface area contributed by atoms with Crippen LogP contribution in [0.4, 0.5) is 0 Å². The third-order valence-electron chi connectivity index (χ3n) is 5.36. The minimum Gasteiger partial charge on any atom is -0.496 e. The van der Waals surface area contributed by atoms with Crippen LogP contribution in [0.1, 0.15) is 11.1 Å². The second-order valence-electron chi connectivity index (χ2n) is 7.29. The average Bonchev–Trinajstić information content (AvgIpc) is 2.83. The maximum atomic E-state index is 13.0. The molecule has 1 aliphatic heterocycles. The van der Waals surface area contributed by atoms with Crippen molar-refractivity contribution < 1.29 is 14.3 Å². The van der Waals surface area contributed by atoms with Crippen LogP contribution in [0, 0.1) is 0 Å². The van der Waals surface area contributed by atoms with Crippen LogP contribution >= 0.6 is 15.9 Å². The lowest BCUT2D eigenvalue weighted by Gasteiger charge is -2.26. The number of hydrogen-bond acceptors (Lipinski definition) is 3. The van der Waals surface area contributed by atoms with Crippen molar-refractivity contribution in [1.29, 1.82) is 0 Å². The van der Waals surface area contributed by atoms with E-state index in [4.69, 9.17) is 9.47 Å². The lowest BCUT2D eigenvalue weighted by Crippen LogP contribution is -2.39. The molecule has 0 aliphatic carbocycles. The highest BCUT2D eigenvalue weighted by molar-refractivity contribution is 9.10. The Hall–Kier alpha value is -2.89. The van der Waals surface area contributed by atoms with E-state index in [1.807, 2.05) is 41.3 Å². The van der Waals surface area contributed by atoms with Gasteiger partial charge in [0.25, 0.3) is 0 Å². The molecule has 0 aromatic heterocycles. The lowest BCUT2D eigenvalue weighted by atomic mass is 9.95. The molecule has 4 rings (SSSR count). The molecule has 1 amide bonds. The quantitative estimate of drug-likeness (QED) is 0.460. The number of ether oxygens (including phenoxy) is 2. The van der Waals surface area contributed by atoms with E-state index in [0.717, 1.165) is 38.0 Å². The molecular formula is C26H24BrNO3. The van der Waals surface area contributed by atoms with Gasteiger partial charge in [-0.05, 0) is 55.9 Å². The Kier molecular flexibility index (Phi) is 6.85. The molecule has 1 heterocycles. The van der Waals surface area contributed by atoms with Crippen LogP contribution in [0.3, 0.4) is 0 Å². The Morgan fingerprint density at radius 3 is 2.23 bits per heavy atom. The Balaban J connectivity index is 1.72. The van der Waals surface area contributed by atoms with E-state index >= 15 is 0 Å². The Bertz CT molecular complexity index is 1070. The SMILES string of the molecule is COc1ccc(C(=CC(=O)N2CCOCC2)c2ccc(-c3ccccc3)cc2)cc1Br. The van der Waals surface area contributed by atoms with Crippen molar-refractivity contribution in [3.8, 4) is 16.9 Å². The van der Waals surface area contributed by atoms with E-state index in [1.54, 1.807) is 13.2 Å². The number of carbonyl (C=O) groups excluding carboxylic acids is 1. The van der Waals surface area contributed by atoms with Gasteiger partial charge >= 0.3 is 0 Å². The normalized spacial score (nSPS) is 14.4. The minimum absolute atomic E-state index is 0.00243.